The summed E-state index contributed by atoms with van der Waals surface area (Å²) in [6.07, 6.45) is 3.69. The number of ether oxygens (including phenoxy) is 1. The molecule has 2 aliphatic heterocycles. The number of carbonyl (C=O) groups is 1. The van der Waals surface area contributed by atoms with E-state index in [0.29, 0.717) is 6.42 Å². The van der Waals surface area contributed by atoms with Crippen LogP contribution in [0.1, 0.15) is 6.42 Å². The van der Waals surface area contributed by atoms with E-state index in [1.165, 1.54) is 4.90 Å². The van der Waals surface area contributed by atoms with Gasteiger partial charge in [0.1, 0.15) is 4.75 Å². The lowest BCUT2D eigenvalue weighted by Crippen LogP contribution is -2.70. The molecule has 2 fully saturated rings. The number of likely N-dealkylation sites (tertiary alicyclic amines) is 1. The number of hydrogen-bond acceptors (Lipinski definition) is 6. The van der Waals surface area contributed by atoms with Crippen LogP contribution in [0.2, 0.25) is 0 Å². The Labute approximate surface area is 135 Å². The van der Waals surface area contributed by atoms with E-state index in [1.54, 1.807) is 37.5 Å². The van der Waals surface area contributed by atoms with Crippen molar-refractivity contribution in [3.63, 3.8) is 0 Å². The van der Waals surface area contributed by atoms with Crippen molar-refractivity contribution in [1.82, 2.24) is 19.8 Å². The van der Waals surface area contributed by atoms with Gasteiger partial charge in [-0.05, 0) is 12.5 Å². The first-order valence-electron chi connectivity index (χ1n) is 7.44. The summed E-state index contributed by atoms with van der Waals surface area (Å²) in [7, 11) is 0.0843. The zero-order valence-electron chi connectivity index (χ0n) is 13.2. The number of urea groups is 1. The quantitative estimate of drug-likeness (QED) is 0.770. The summed E-state index contributed by atoms with van der Waals surface area (Å²) in [4.78, 5) is 22.9. The fourth-order valence-electron chi connectivity index (χ4n) is 3.26. The van der Waals surface area contributed by atoms with Gasteiger partial charge in [0.05, 0.1) is 12.4 Å². The van der Waals surface area contributed by atoms with Crippen LogP contribution in [0.15, 0.2) is 18.5 Å². The van der Waals surface area contributed by atoms with Gasteiger partial charge >= 0.3 is 12.0 Å². The number of rotatable bonds is 3. The molecule has 1 spiro atoms. The van der Waals surface area contributed by atoms with Crippen molar-refractivity contribution < 1.29 is 17.9 Å². The largest absolute Gasteiger partial charge is 0.463 e. The maximum atomic E-state index is 12.5. The molecular formula is C14H20N4O4S. The van der Waals surface area contributed by atoms with Gasteiger partial charge in [-0.25, -0.2) is 23.2 Å². The molecule has 23 heavy (non-hydrogen) atoms. The van der Waals surface area contributed by atoms with E-state index < -0.39 is 14.6 Å². The average Bonchev–Trinajstić information content (AvgIpc) is 2.74. The number of carbonyl (C=O) groups excluding carboxylic acids is 1. The Balaban J connectivity index is 1.70. The summed E-state index contributed by atoms with van der Waals surface area (Å²) < 4.78 is 29.6. The van der Waals surface area contributed by atoms with Gasteiger partial charge in [0.15, 0.2) is 9.84 Å². The molecule has 0 radical (unpaired) electrons. The minimum absolute atomic E-state index is 0.140. The zero-order valence-corrected chi connectivity index (χ0v) is 14.0. The van der Waals surface area contributed by atoms with Crippen molar-refractivity contribution in [1.29, 1.82) is 0 Å². The van der Waals surface area contributed by atoms with Crippen LogP contribution < -0.4 is 4.74 Å². The number of hydrogen-bond donors (Lipinski definition) is 0. The van der Waals surface area contributed by atoms with Crippen molar-refractivity contribution in [2.75, 3.05) is 39.5 Å². The Hall–Kier alpha value is -1.90. The summed E-state index contributed by atoms with van der Waals surface area (Å²) in [5, 5.41) is 0. The lowest BCUT2D eigenvalue weighted by molar-refractivity contribution is 0.0726. The maximum absolute atomic E-state index is 12.5. The number of sulfone groups is 1. The molecule has 9 heteroatoms. The molecule has 2 saturated heterocycles. The second kappa shape index (κ2) is 5.63. The van der Waals surface area contributed by atoms with Crippen LogP contribution in [-0.2, 0) is 9.84 Å². The molecule has 8 nitrogen and oxygen atoms in total. The first-order chi connectivity index (χ1) is 10.9. The van der Waals surface area contributed by atoms with Gasteiger partial charge < -0.3 is 14.5 Å². The predicted octanol–water partition coefficient (Wildman–Crippen LogP) is 0.0261. The van der Waals surface area contributed by atoms with Gasteiger partial charge in [-0.1, -0.05) is 0 Å². The normalized spacial score (nSPS) is 24.3. The molecule has 0 aliphatic carbocycles. The van der Waals surface area contributed by atoms with E-state index in [2.05, 4.69) is 9.97 Å². The summed E-state index contributed by atoms with van der Waals surface area (Å²) in [6, 6.07) is 1.77. The predicted molar refractivity (Wildman–Crippen MR) is 82.8 cm³/mol. The third kappa shape index (κ3) is 2.62. The van der Waals surface area contributed by atoms with Crippen molar-refractivity contribution in [2.45, 2.75) is 11.2 Å². The Morgan fingerprint density at radius 2 is 2.04 bits per heavy atom. The lowest BCUT2D eigenvalue weighted by atomic mass is 9.84. The fourth-order valence-corrected chi connectivity index (χ4v) is 5.66. The average molecular weight is 340 g/mol. The summed E-state index contributed by atoms with van der Waals surface area (Å²) in [6.45, 7) is 0.708. The SMILES string of the molecule is CN(C)C(=O)N1CC2(C1)C(COc1ncccn1)CCS2(=O)=O. The van der Waals surface area contributed by atoms with Crippen LogP contribution in [-0.4, -0.2) is 78.5 Å². The molecule has 0 bridgehead atoms. The molecule has 1 unspecified atom stereocenters. The highest BCUT2D eigenvalue weighted by Gasteiger charge is 2.62. The lowest BCUT2D eigenvalue weighted by Gasteiger charge is -2.50. The molecule has 0 saturated carbocycles. The van der Waals surface area contributed by atoms with E-state index in [1.807, 2.05) is 0 Å². The Morgan fingerprint density at radius 1 is 1.39 bits per heavy atom. The van der Waals surface area contributed by atoms with E-state index in [9.17, 15) is 13.2 Å². The minimum Gasteiger partial charge on any atom is -0.463 e. The molecular weight excluding hydrogens is 320 g/mol. The Bertz CT molecular complexity index is 686. The molecule has 2 amide bonds. The molecule has 1 atom stereocenters. The van der Waals surface area contributed by atoms with Crippen molar-refractivity contribution >= 4 is 15.9 Å². The van der Waals surface area contributed by atoms with Gasteiger partial charge in [-0.2, -0.15) is 0 Å². The summed E-state index contributed by atoms with van der Waals surface area (Å²) >= 11 is 0. The van der Waals surface area contributed by atoms with E-state index in [0.717, 1.165) is 0 Å². The Morgan fingerprint density at radius 3 is 2.65 bits per heavy atom. The zero-order chi connectivity index (χ0) is 16.7. The summed E-state index contributed by atoms with van der Waals surface area (Å²) in [5.74, 6) is -0.0109. The molecule has 0 aromatic carbocycles. The second-order valence-electron chi connectivity index (χ2n) is 6.24. The molecule has 126 valence electrons. The summed E-state index contributed by atoms with van der Waals surface area (Å²) in [5.41, 5.74) is 0. The highest BCUT2D eigenvalue weighted by molar-refractivity contribution is 7.93. The van der Waals surface area contributed by atoms with E-state index in [-0.39, 0.29) is 43.4 Å². The van der Waals surface area contributed by atoms with Crippen molar-refractivity contribution in [3.05, 3.63) is 18.5 Å². The van der Waals surface area contributed by atoms with Crippen molar-refractivity contribution in [2.24, 2.45) is 5.92 Å². The smallest absolute Gasteiger partial charge is 0.319 e. The van der Waals surface area contributed by atoms with Gasteiger partial charge in [0, 0.05) is 45.5 Å². The minimum atomic E-state index is -3.23. The maximum Gasteiger partial charge on any atom is 0.319 e. The molecule has 1 aromatic rings. The third-order valence-electron chi connectivity index (χ3n) is 4.62. The van der Waals surface area contributed by atoms with E-state index >= 15 is 0 Å². The van der Waals surface area contributed by atoms with Gasteiger partial charge in [0.2, 0.25) is 0 Å². The van der Waals surface area contributed by atoms with Crippen molar-refractivity contribution in [3.8, 4) is 6.01 Å². The number of nitrogens with zero attached hydrogens (tertiary/aromatic N) is 4. The van der Waals surface area contributed by atoms with Crippen LogP contribution in [0.25, 0.3) is 0 Å². The third-order valence-corrected chi connectivity index (χ3v) is 7.23. The van der Waals surface area contributed by atoms with E-state index in [4.69, 9.17) is 4.74 Å². The highest BCUT2D eigenvalue weighted by atomic mass is 32.2. The topological polar surface area (TPSA) is 92.7 Å². The standard InChI is InChI=1S/C14H20N4O4S/c1-17(2)13(19)18-9-14(10-18)11(4-7-23(14,20)21)8-22-12-15-5-3-6-16-12/h3,5-6,11H,4,7-10H2,1-2H3. The first kappa shape index (κ1) is 16.0. The van der Waals surface area contributed by atoms with Crippen LogP contribution in [0.4, 0.5) is 4.79 Å². The molecule has 3 rings (SSSR count). The number of amides is 2. The molecule has 0 N–H and O–H groups in total. The molecule has 3 heterocycles. The van der Waals surface area contributed by atoms with Crippen LogP contribution in [0, 0.1) is 5.92 Å². The fraction of sp³-hybridized carbons (Fsp3) is 0.643. The molecule has 1 aromatic heterocycles. The highest BCUT2D eigenvalue weighted by Crippen LogP contribution is 2.45. The van der Waals surface area contributed by atoms with Crippen LogP contribution in [0.3, 0.4) is 0 Å². The van der Waals surface area contributed by atoms with Crippen LogP contribution >= 0.6 is 0 Å². The first-order valence-corrected chi connectivity index (χ1v) is 9.09. The van der Waals surface area contributed by atoms with Crippen LogP contribution in [0.5, 0.6) is 6.01 Å². The monoisotopic (exact) mass is 340 g/mol. The Kier molecular flexibility index (Phi) is 3.91. The van der Waals surface area contributed by atoms with Gasteiger partial charge in [-0.3, -0.25) is 0 Å². The van der Waals surface area contributed by atoms with Gasteiger partial charge in [0.25, 0.3) is 0 Å². The number of aromatic nitrogens is 2. The second-order valence-corrected chi connectivity index (χ2v) is 8.70. The van der Waals surface area contributed by atoms with Gasteiger partial charge in [-0.15, -0.1) is 0 Å². The molecule has 2 aliphatic rings.